The van der Waals surface area contributed by atoms with Crippen molar-refractivity contribution >= 4 is 17.5 Å². The van der Waals surface area contributed by atoms with Crippen molar-refractivity contribution in [1.82, 2.24) is 0 Å². The van der Waals surface area contributed by atoms with Gasteiger partial charge in [-0.25, -0.2) is 4.79 Å². The minimum absolute atomic E-state index is 0.0810. The van der Waals surface area contributed by atoms with Gasteiger partial charge in [0.25, 0.3) is 0 Å². The molecule has 0 unspecified atom stereocenters. The van der Waals surface area contributed by atoms with Gasteiger partial charge in [0.1, 0.15) is 0 Å². The number of carboxylic acid groups (broad SMARTS) is 2. The Labute approximate surface area is 128 Å². The van der Waals surface area contributed by atoms with Crippen molar-refractivity contribution in [3.8, 4) is 0 Å². The number of carbonyl (C=O) groups is 2. The van der Waals surface area contributed by atoms with Crippen molar-refractivity contribution in [2.45, 2.75) is 12.8 Å². The zero-order valence-corrected chi connectivity index (χ0v) is 11.9. The van der Waals surface area contributed by atoms with E-state index >= 15 is 0 Å². The van der Waals surface area contributed by atoms with E-state index in [1.807, 2.05) is 36.4 Å². The van der Waals surface area contributed by atoms with Crippen molar-refractivity contribution in [2.24, 2.45) is 0 Å². The molecule has 0 aromatic heterocycles. The number of rotatable bonds is 6. The van der Waals surface area contributed by atoms with Crippen LogP contribution in [0.2, 0.25) is 0 Å². The molecule has 0 atom stereocenters. The molecular weight excluding hydrogens is 280 g/mol. The number of carboxylic acids is 2. The second kappa shape index (κ2) is 7.22. The fourth-order valence-corrected chi connectivity index (χ4v) is 2.28. The fraction of sp³-hybridized carbons (Fsp3) is 0.111. The van der Waals surface area contributed by atoms with E-state index in [2.05, 4.69) is 0 Å². The van der Waals surface area contributed by atoms with Crippen LogP contribution in [0, 0.1) is 0 Å². The standard InChI is InChI=1S/C18H16O4/c19-17(20)12-16(18(21)22)15(14-9-5-2-6-10-14)11-13-7-3-1-4-8-13/h1-10H,11-12H2,(H,19,20)(H,21,22). The Kier molecular flexibility index (Phi) is 5.09. The van der Waals surface area contributed by atoms with Crippen LogP contribution in [0.4, 0.5) is 0 Å². The van der Waals surface area contributed by atoms with Gasteiger partial charge in [0.2, 0.25) is 0 Å². The first-order valence-electron chi connectivity index (χ1n) is 6.84. The number of benzene rings is 2. The highest BCUT2D eigenvalue weighted by Gasteiger charge is 2.19. The van der Waals surface area contributed by atoms with Crippen LogP contribution in [0.5, 0.6) is 0 Å². The predicted molar refractivity (Wildman–Crippen MR) is 83.4 cm³/mol. The minimum atomic E-state index is -1.20. The molecule has 22 heavy (non-hydrogen) atoms. The van der Waals surface area contributed by atoms with Gasteiger partial charge < -0.3 is 10.2 Å². The highest BCUT2D eigenvalue weighted by molar-refractivity contribution is 6.00. The lowest BCUT2D eigenvalue weighted by molar-refractivity contribution is -0.139. The number of hydrogen-bond donors (Lipinski definition) is 2. The van der Waals surface area contributed by atoms with Gasteiger partial charge in [-0.2, -0.15) is 0 Å². The SMILES string of the molecule is O=C(O)CC(C(=O)O)=C(Cc1ccccc1)c1ccccc1. The average Bonchev–Trinajstić information content (AvgIpc) is 2.52. The van der Waals surface area contributed by atoms with Crippen LogP contribution in [-0.2, 0) is 16.0 Å². The van der Waals surface area contributed by atoms with E-state index in [4.69, 9.17) is 5.11 Å². The molecule has 0 saturated carbocycles. The van der Waals surface area contributed by atoms with Gasteiger partial charge in [-0.05, 0) is 23.1 Å². The summed E-state index contributed by atoms with van der Waals surface area (Å²) in [6.45, 7) is 0. The highest BCUT2D eigenvalue weighted by Crippen LogP contribution is 2.25. The third kappa shape index (κ3) is 4.06. The van der Waals surface area contributed by atoms with Crippen molar-refractivity contribution in [3.05, 3.63) is 77.4 Å². The summed E-state index contributed by atoms with van der Waals surface area (Å²) in [5.74, 6) is -2.35. The Morgan fingerprint density at radius 3 is 1.86 bits per heavy atom. The van der Waals surface area contributed by atoms with E-state index in [1.165, 1.54) is 0 Å². The first-order chi connectivity index (χ1) is 10.6. The summed E-state index contributed by atoms with van der Waals surface area (Å²) in [6.07, 6.45) is -0.133. The topological polar surface area (TPSA) is 74.6 Å². The second-order valence-electron chi connectivity index (χ2n) is 4.86. The summed E-state index contributed by atoms with van der Waals surface area (Å²) in [5.41, 5.74) is 2.11. The normalized spacial score (nSPS) is 11.6. The van der Waals surface area contributed by atoms with Gasteiger partial charge in [0, 0.05) is 0 Å². The zero-order valence-electron chi connectivity index (χ0n) is 11.9. The molecule has 112 valence electrons. The largest absolute Gasteiger partial charge is 0.481 e. The van der Waals surface area contributed by atoms with Gasteiger partial charge in [-0.15, -0.1) is 0 Å². The Hall–Kier alpha value is -2.88. The van der Waals surface area contributed by atoms with E-state index in [-0.39, 0.29) is 5.57 Å². The molecule has 4 heteroatoms. The van der Waals surface area contributed by atoms with Crippen LogP contribution in [0.1, 0.15) is 17.5 Å². The van der Waals surface area contributed by atoms with E-state index in [1.54, 1.807) is 24.3 Å². The van der Waals surface area contributed by atoms with E-state index in [0.29, 0.717) is 12.0 Å². The quantitative estimate of drug-likeness (QED) is 0.802. The van der Waals surface area contributed by atoms with Crippen molar-refractivity contribution in [3.63, 3.8) is 0 Å². The van der Waals surface area contributed by atoms with Crippen LogP contribution in [0.3, 0.4) is 0 Å². The molecule has 4 nitrogen and oxygen atoms in total. The van der Waals surface area contributed by atoms with Gasteiger partial charge in [0.15, 0.2) is 0 Å². The lowest BCUT2D eigenvalue weighted by atomic mass is 9.92. The van der Waals surface area contributed by atoms with Crippen LogP contribution < -0.4 is 0 Å². The number of aliphatic carboxylic acids is 2. The van der Waals surface area contributed by atoms with Crippen LogP contribution in [0.25, 0.3) is 5.57 Å². The molecular formula is C18H16O4. The van der Waals surface area contributed by atoms with Gasteiger partial charge in [0.05, 0.1) is 12.0 Å². The van der Waals surface area contributed by atoms with E-state index in [9.17, 15) is 14.7 Å². The second-order valence-corrected chi connectivity index (χ2v) is 4.86. The molecule has 0 aliphatic heterocycles. The monoisotopic (exact) mass is 296 g/mol. The molecule has 0 amide bonds. The summed E-state index contributed by atoms with van der Waals surface area (Å²) in [7, 11) is 0. The number of hydrogen-bond acceptors (Lipinski definition) is 2. The van der Waals surface area contributed by atoms with E-state index < -0.39 is 18.4 Å². The molecule has 0 heterocycles. The maximum Gasteiger partial charge on any atom is 0.332 e. The lowest BCUT2D eigenvalue weighted by Gasteiger charge is -2.12. The summed E-state index contributed by atoms with van der Waals surface area (Å²) in [6, 6.07) is 18.4. The molecule has 0 radical (unpaired) electrons. The third-order valence-electron chi connectivity index (χ3n) is 3.30. The summed E-state index contributed by atoms with van der Waals surface area (Å²) in [5, 5.41) is 18.4. The molecule has 0 aliphatic rings. The molecule has 2 N–H and O–H groups in total. The lowest BCUT2D eigenvalue weighted by Crippen LogP contribution is -2.11. The van der Waals surface area contributed by atoms with Crippen LogP contribution in [-0.4, -0.2) is 22.2 Å². The Balaban J connectivity index is 2.53. The smallest absolute Gasteiger partial charge is 0.332 e. The predicted octanol–water partition coefficient (Wildman–Crippen LogP) is 3.24. The van der Waals surface area contributed by atoms with Crippen LogP contribution >= 0.6 is 0 Å². The van der Waals surface area contributed by atoms with Gasteiger partial charge in [-0.1, -0.05) is 60.7 Å². The maximum absolute atomic E-state index is 11.5. The van der Waals surface area contributed by atoms with Crippen molar-refractivity contribution in [2.75, 3.05) is 0 Å². The Bertz CT molecular complexity index is 688. The molecule has 2 aromatic carbocycles. The molecule has 0 saturated heterocycles. The Morgan fingerprint density at radius 1 is 0.818 bits per heavy atom. The van der Waals surface area contributed by atoms with Gasteiger partial charge >= 0.3 is 11.9 Å². The molecule has 0 bridgehead atoms. The Morgan fingerprint density at radius 2 is 1.36 bits per heavy atom. The maximum atomic E-state index is 11.5. The van der Waals surface area contributed by atoms with Gasteiger partial charge in [-0.3, -0.25) is 4.79 Å². The molecule has 0 fully saturated rings. The van der Waals surface area contributed by atoms with E-state index in [0.717, 1.165) is 11.1 Å². The van der Waals surface area contributed by atoms with Crippen molar-refractivity contribution < 1.29 is 19.8 Å². The highest BCUT2D eigenvalue weighted by atomic mass is 16.4. The zero-order chi connectivity index (χ0) is 15.9. The minimum Gasteiger partial charge on any atom is -0.481 e. The molecule has 0 aliphatic carbocycles. The first-order valence-corrected chi connectivity index (χ1v) is 6.84. The third-order valence-corrected chi connectivity index (χ3v) is 3.30. The summed E-state index contributed by atoms with van der Waals surface area (Å²) >= 11 is 0. The molecule has 0 spiro atoms. The summed E-state index contributed by atoms with van der Waals surface area (Å²) < 4.78 is 0. The average molecular weight is 296 g/mol. The first kappa shape index (κ1) is 15.5. The van der Waals surface area contributed by atoms with Crippen LogP contribution in [0.15, 0.2) is 66.2 Å². The molecule has 2 aromatic rings. The fourth-order valence-electron chi connectivity index (χ4n) is 2.28. The van der Waals surface area contributed by atoms with Crippen molar-refractivity contribution in [1.29, 1.82) is 0 Å². The number of allylic oxidation sites excluding steroid dienone is 1. The molecule has 2 rings (SSSR count). The summed E-state index contributed by atoms with van der Waals surface area (Å²) in [4.78, 5) is 22.5.